The van der Waals surface area contributed by atoms with Gasteiger partial charge in [-0.3, -0.25) is 4.79 Å². The zero-order chi connectivity index (χ0) is 17.7. The van der Waals surface area contributed by atoms with Gasteiger partial charge in [-0.15, -0.1) is 5.10 Å². The summed E-state index contributed by atoms with van der Waals surface area (Å²) < 4.78 is 14.4. The van der Waals surface area contributed by atoms with Crippen molar-refractivity contribution in [2.45, 2.75) is 13.5 Å². The first-order valence-electron chi connectivity index (χ1n) is 8.39. The molecule has 4 aromatic rings. The van der Waals surface area contributed by atoms with E-state index in [-0.39, 0.29) is 5.56 Å². The third-order valence-corrected chi connectivity index (χ3v) is 4.45. The van der Waals surface area contributed by atoms with Crippen molar-refractivity contribution in [2.24, 2.45) is 0 Å². The fourth-order valence-corrected chi connectivity index (χ4v) is 3.11. The van der Waals surface area contributed by atoms with Crippen LogP contribution in [-0.4, -0.2) is 37.4 Å². The highest BCUT2D eigenvalue weighted by atomic mass is 16.6. The Morgan fingerprint density at radius 2 is 2.00 bits per heavy atom. The molecule has 0 atom stereocenters. The molecule has 8 nitrogen and oxygen atoms in total. The lowest BCUT2D eigenvalue weighted by atomic mass is 10.2. The van der Waals surface area contributed by atoms with Crippen molar-refractivity contribution >= 4 is 16.7 Å². The molecule has 0 saturated heterocycles. The number of hydrogen-bond donors (Lipinski definition) is 0. The second-order valence-electron chi connectivity index (χ2n) is 5.97. The molecule has 0 saturated carbocycles. The zero-order valence-electron chi connectivity index (χ0n) is 14.0. The summed E-state index contributed by atoms with van der Waals surface area (Å²) >= 11 is 0. The van der Waals surface area contributed by atoms with E-state index in [1.165, 1.54) is 0 Å². The maximum atomic E-state index is 12.5. The summed E-state index contributed by atoms with van der Waals surface area (Å²) in [6.45, 7) is 3.59. The molecule has 1 aliphatic heterocycles. The van der Waals surface area contributed by atoms with Gasteiger partial charge in [-0.05, 0) is 31.2 Å². The summed E-state index contributed by atoms with van der Waals surface area (Å²) in [5, 5.41) is 5.07. The first-order chi connectivity index (χ1) is 12.7. The fraction of sp³-hybridized carbons (Fsp3) is 0.222. The minimum Gasteiger partial charge on any atom is -0.486 e. The van der Waals surface area contributed by atoms with Crippen molar-refractivity contribution < 1.29 is 9.47 Å². The number of rotatable bonds is 2. The molecule has 1 aromatic carbocycles. The summed E-state index contributed by atoms with van der Waals surface area (Å²) in [5.41, 5.74) is 1.39. The van der Waals surface area contributed by atoms with Gasteiger partial charge in [-0.1, -0.05) is 0 Å². The Morgan fingerprint density at radius 3 is 2.85 bits per heavy atom. The Hall–Kier alpha value is -3.42. The molecule has 0 aliphatic carbocycles. The minimum absolute atomic E-state index is 0.0872. The van der Waals surface area contributed by atoms with Crippen molar-refractivity contribution in [3.8, 4) is 22.9 Å². The van der Waals surface area contributed by atoms with Gasteiger partial charge >= 0.3 is 0 Å². The topological polar surface area (TPSA) is 83.5 Å². The van der Waals surface area contributed by atoms with E-state index in [0.29, 0.717) is 53.8 Å². The summed E-state index contributed by atoms with van der Waals surface area (Å²) in [5.74, 6) is 2.35. The van der Waals surface area contributed by atoms with Gasteiger partial charge < -0.3 is 14.0 Å². The molecule has 4 heterocycles. The predicted octanol–water partition coefficient (Wildman–Crippen LogP) is 1.90. The van der Waals surface area contributed by atoms with Gasteiger partial charge in [0.25, 0.3) is 11.3 Å². The van der Waals surface area contributed by atoms with E-state index in [9.17, 15) is 4.79 Å². The molecule has 1 aliphatic rings. The van der Waals surface area contributed by atoms with Crippen LogP contribution in [0, 0.1) is 0 Å². The highest BCUT2D eigenvalue weighted by molar-refractivity contribution is 5.79. The molecule has 8 heteroatoms. The number of ether oxygens (including phenoxy) is 2. The van der Waals surface area contributed by atoms with Crippen molar-refractivity contribution in [2.75, 3.05) is 13.2 Å². The number of aryl methyl sites for hydroxylation is 1. The summed E-state index contributed by atoms with van der Waals surface area (Å²) in [4.78, 5) is 21.3. The van der Waals surface area contributed by atoms with Crippen molar-refractivity contribution in [3.05, 3.63) is 47.0 Å². The molecule has 0 radical (unpaired) electrons. The van der Waals surface area contributed by atoms with Crippen LogP contribution >= 0.6 is 0 Å². The number of fused-ring (bicyclic) bond motifs is 4. The molecule has 130 valence electrons. The van der Waals surface area contributed by atoms with E-state index in [1.54, 1.807) is 21.5 Å². The molecular weight excluding hydrogens is 334 g/mol. The summed E-state index contributed by atoms with van der Waals surface area (Å²) in [6, 6.07) is 7.45. The largest absolute Gasteiger partial charge is 0.486 e. The SMILES string of the molecule is CCn1ccc2c(cnc3nc(-c4ccc5c(c4)OCCO5)nn32)c1=O. The molecule has 5 rings (SSSR count). The van der Waals surface area contributed by atoms with Gasteiger partial charge in [-0.2, -0.15) is 9.50 Å². The third kappa shape index (κ3) is 2.15. The van der Waals surface area contributed by atoms with Crippen LogP contribution in [0.1, 0.15) is 6.92 Å². The molecule has 3 aromatic heterocycles. The first kappa shape index (κ1) is 14.9. The maximum absolute atomic E-state index is 12.5. The molecule has 0 amide bonds. The number of nitrogens with zero attached hydrogens (tertiary/aromatic N) is 5. The zero-order valence-corrected chi connectivity index (χ0v) is 14.0. The van der Waals surface area contributed by atoms with E-state index in [4.69, 9.17) is 9.47 Å². The second-order valence-corrected chi connectivity index (χ2v) is 5.97. The number of aromatic nitrogens is 5. The fourth-order valence-electron chi connectivity index (χ4n) is 3.11. The van der Waals surface area contributed by atoms with Gasteiger partial charge in [0.15, 0.2) is 17.3 Å². The second kappa shape index (κ2) is 5.55. The average Bonchev–Trinajstić information content (AvgIpc) is 3.12. The van der Waals surface area contributed by atoms with E-state index in [1.807, 2.05) is 31.2 Å². The van der Waals surface area contributed by atoms with E-state index in [0.717, 1.165) is 5.56 Å². The van der Waals surface area contributed by atoms with Crippen LogP contribution in [0.3, 0.4) is 0 Å². The van der Waals surface area contributed by atoms with Crippen LogP contribution in [0.15, 0.2) is 41.5 Å². The Balaban J connectivity index is 1.69. The average molecular weight is 349 g/mol. The van der Waals surface area contributed by atoms with Crippen LogP contribution < -0.4 is 15.0 Å². The number of benzene rings is 1. The number of pyridine rings is 1. The Morgan fingerprint density at radius 1 is 1.15 bits per heavy atom. The Bertz CT molecular complexity index is 1210. The van der Waals surface area contributed by atoms with E-state index < -0.39 is 0 Å². The molecule has 0 N–H and O–H groups in total. The van der Waals surface area contributed by atoms with Crippen LogP contribution in [0.5, 0.6) is 11.5 Å². The monoisotopic (exact) mass is 349 g/mol. The highest BCUT2D eigenvalue weighted by Gasteiger charge is 2.16. The maximum Gasteiger partial charge on any atom is 0.261 e. The molecule has 0 unspecified atom stereocenters. The predicted molar refractivity (Wildman–Crippen MR) is 94.6 cm³/mol. The number of hydrogen-bond acceptors (Lipinski definition) is 6. The molecule has 0 bridgehead atoms. The van der Waals surface area contributed by atoms with Gasteiger partial charge in [0.2, 0.25) is 0 Å². The summed E-state index contributed by atoms with van der Waals surface area (Å²) in [6.07, 6.45) is 3.32. The summed E-state index contributed by atoms with van der Waals surface area (Å²) in [7, 11) is 0. The lowest BCUT2D eigenvalue weighted by molar-refractivity contribution is 0.171. The van der Waals surface area contributed by atoms with Crippen molar-refractivity contribution in [1.29, 1.82) is 0 Å². The lowest BCUT2D eigenvalue weighted by Crippen LogP contribution is -2.19. The van der Waals surface area contributed by atoms with Gasteiger partial charge in [0, 0.05) is 24.5 Å². The third-order valence-electron chi connectivity index (χ3n) is 4.45. The molecular formula is C18H15N5O3. The Labute approximate surface area is 147 Å². The smallest absolute Gasteiger partial charge is 0.261 e. The van der Waals surface area contributed by atoms with Gasteiger partial charge in [0.05, 0.1) is 10.9 Å². The quantitative estimate of drug-likeness (QED) is 0.550. The Kier molecular flexibility index (Phi) is 3.18. The van der Waals surface area contributed by atoms with Crippen LogP contribution in [0.4, 0.5) is 0 Å². The first-order valence-corrected chi connectivity index (χ1v) is 8.39. The molecule has 26 heavy (non-hydrogen) atoms. The van der Waals surface area contributed by atoms with Crippen molar-refractivity contribution in [3.63, 3.8) is 0 Å². The van der Waals surface area contributed by atoms with Crippen LogP contribution in [-0.2, 0) is 6.54 Å². The van der Waals surface area contributed by atoms with Crippen LogP contribution in [0.25, 0.3) is 28.1 Å². The van der Waals surface area contributed by atoms with Crippen LogP contribution in [0.2, 0.25) is 0 Å². The lowest BCUT2D eigenvalue weighted by Gasteiger charge is -2.18. The van der Waals surface area contributed by atoms with Gasteiger partial charge in [0.1, 0.15) is 13.2 Å². The minimum atomic E-state index is -0.0872. The molecule has 0 spiro atoms. The van der Waals surface area contributed by atoms with E-state index >= 15 is 0 Å². The van der Waals surface area contributed by atoms with E-state index in [2.05, 4.69) is 15.1 Å². The normalized spacial score (nSPS) is 13.4. The van der Waals surface area contributed by atoms with Gasteiger partial charge in [-0.25, -0.2) is 4.98 Å². The van der Waals surface area contributed by atoms with Crippen molar-refractivity contribution in [1.82, 2.24) is 24.1 Å². The standard InChI is InChI=1S/C18H15N5O3/c1-2-22-6-5-13-12(17(22)24)10-19-18-20-16(21-23(13)18)11-3-4-14-15(9-11)26-8-7-25-14/h3-6,9-10H,2,7-8H2,1H3. The highest BCUT2D eigenvalue weighted by Crippen LogP contribution is 2.33. The molecule has 0 fully saturated rings.